The van der Waals surface area contributed by atoms with E-state index >= 15 is 0 Å². The van der Waals surface area contributed by atoms with Crippen molar-refractivity contribution in [2.45, 2.75) is 78.1 Å². The minimum absolute atomic E-state index is 0.0428. The highest BCUT2D eigenvalue weighted by Crippen LogP contribution is 2.56. The summed E-state index contributed by atoms with van der Waals surface area (Å²) in [6.45, 7) is 4.54. The standard InChI is InChI=1S/C16H28O2/c1-13-7-6-11-16(12-8-13,14(17)18)15(2)9-4-3-5-10-15/h13H,3-12H2,1-2H3,(H,17,18). The first-order valence-corrected chi connectivity index (χ1v) is 7.74. The molecular weight excluding hydrogens is 224 g/mol. The van der Waals surface area contributed by atoms with Gasteiger partial charge < -0.3 is 5.11 Å². The van der Waals surface area contributed by atoms with E-state index in [0.29, 0.717) is 5.92 Å². The van der Waals surface area contributed by atoms with E-state index < -0.39 is 11.4 Å². The molecule has 1 N–H and O–H groups in total. The van der Waals surface area contributed by atoms with Crippen molar-refractivity contribution in [2.75, 3.05) is 0 Å². The minimum Gasteiger partial charge on any atom is -0.481 e. The van der Waals surface area contributed by atoms with Gasteiger partial charge in [0.05, 0.1) is 5.41 Å². The number of rotatable bonds is 2. The summed E-state index contributed by atoms with van der Waals surface area (Å²) < 4.78 is 0. The molecule has 2 unspecified atom stereocenters. The summed E-state index contributed by atoms with van der Waals surface area (Å²) in [5.74, 6) is 0.194. The number of hydrogen-bond donors (Lipinski definition) is 1. The van der Waals surface area contributed by atoms with Crippen LogP contribution in [0, 0.1) is 16.7 Å². The van der Waals surface area contributed by atoms with Gasteiger partial charge in [-0.05, 0) is 43.4 Å². The van der Waals surface area contributed by atoms with Gasteiger partial charge in [-0.3, -0.25) is 4.79 Å². The van der Waals surface area contributed by atoms with Crippen LogP contribution in [-0.4, -0.2) is 11.1 Å². The Bertz CT molecular complexity index is 304. The van der Waals surface area contributed by atoms with Gasteiger partial charge in [0.2, 0.25) is 0 Å². The summed E-state index contributed by atoms with van der Waals surface area (Å²) in [4.78, 5) is 12.0. The van der Waals surface area contributed by atoms with Crippen molar-refractivity contribution in [1.29, 1.82) is 0 Å². The molecule has 2 aliphatic rings. The van der Waals surface area contributed by atoms with Gasteiger partial charge in [-0.2, -0.15) is 0 Å². The molecule has 2 nitrogen and oxygen atoms in total. The van der Waals surface area contributed by atoms with Crippen LogP contribution in [0.25, 0.3) is 0 Å². The molecule has 104 valence electrons. The average Bonchev–Trinajstić information content (AvgIpc) is 2.53. The van der Waals surface area contributed by atoms with E-state index in [-0.39, 0.29) is 5.41 Å². The summed E-state index contributed by atoms with van der Waals surface area (Å²) in [5.41, 5.74) is -0.390. The Hall–Kier alpha value is -0.530. The minimum atomic E-state index is -0.513. The molecule has 2 atom stereocenters. The maximum absolute atomic E-state index is 12.0. The van der Waals surface area contributed by atoms with Crippen molar-refractivity contribution >= 4 is 5.97 Å². The Morgan fingerprint density at radius 3 is 2.28 bits per heavy atom. The fourth-order valence-corrected chi connectivity index (χ4v) is 4.40. The van der Waals surface area contributed by atoms with E-state index in [4.69, 9.17) is 0 Å². The Labute approximate surface area is 111 Å². The third kappa shape index (κ3) is 2.31. The summed E-state index contributed by atoms with van der Waals surface area (Å²) in [6, 6.07) is 0. The summed E-state index contributed by atoms with van der Waals surface area (Å²) >= 11 is 0. The molecule has 0 spiro atoms. The van der Waals surface area contributed by atoms with Crippen LogP contribution in [0.15, 0.2) is 0 Å². The van der Waals surface area contributed by atoms with Crippen LogP contribution < -0.4 is 0 Å². The molecule has 2 saturated carbocycles. The number of carbonyl (C=O) groups is 1. The van der Waals surface area contributed by atoms with Gasteiger partial charge in [-0.1, -0.05) is 46.0 Å². The second-order valence-electron chi connectivity index (χ2n) is 7.04. The number of carboxylic acids is 1. The summed E-state index contributed by atoms with van der Waals surface area (Å²) in [6.07, 6.45) is 11.2. The van der Waals surface area contributed by atoms with Gasteiger partial charge in [0.1, 0.15) is 0 Å². The maximum atomic E-state index is 12.0. The number of hydrogen-bond acceptors (Lipinski definition) is 1. The summed E-state index contributed by atoms with van der Waals surface area (Å²) in [7, 11) is 0. The van der Waals surface area contributed by atoms with Crippen LogP contribution in [0.5, 0.6) is 0 Å². The molecule has 2 rings (SSSR count). The molecule has 2 heteroatoms. The molecular formula is C16H28O2. The molecule has 2 fully saturated rings. The van der Waals surface area contributed by atoms with Gasteiger partial charge in [0.25, 0.3) is 0 Å². The molecule has 0 radical (unpaired) electrons. The van der Waals surface area contributed by atoms with Crippen LogP contribution in [0.3, 0.4) is 0 Å². The molecule has 0 aromatic heterocycles. The second kappa shape index (κ2) is 5.22. The lowest BCUT2D eigenvalue weighted by atomic mass is 9.55. The molecule has 2 aliphatic carbocycles. The van der Waals surface area contributed by atoms with Crippen molar-refractivity contribution in [3.63, 3.8) is 0 Å². The quantitative estimate of drug-likeness (QED) is 0.728. The molecule has 0 bridgehead atoms. The third-order valence-corrected chi connectivity index (χ3v) is 5.89. The Morgan fingerprint density at radius 1 is 1.00 bits per heavy atom. The van der Waals surface area contributed by atoms with Gasteiger partial charge in [0.15, 0.2) is 0 Å². The monoisotopic (exact) mass is 252 g/mol. The van der Waals surface area contributed by atoms with Gasteiger partial charge in [0, 0.05) is 0 Å². The lowest BCUT2D eigenvalue weighted by Gasteiger charge is -2.48. The smallest absolute Gasteiger partial charge is 0.310 e. The normalized spacial score (nSPS) is 36.9. The Morgan fingerprint density at radius 2 is 1.67 bits per heavy atom. The topological polar surface area (TPSA) is 37.3 Å². The van der Waals surface area contributed by atoms with Crippen molar-refractivity contribution in [3.05, 3.63) is 0 Å². The lowest BCUT2D eigenvalue weighted by molar-refractivity contribution is -0.162. The van der Waals surface area contributed by atoms with Crippen LogP contribution in [-0.2, 0) is 4.79 Å². The predicted molar refractivity (Wildman–Crippen MR) is 73.5 cm³/mol. The molecule has 18 heavy (non-hydrogen) atoms. The SMILES string of the molecule is CC1CCCC(C(=O)O)(C2(C)CCCCC2)CC1. The molecule has 0 aliphatic heterocycles. The first kappa shape index (κ1) is 13.9. The van der Waals surface area contributed by atoms with Crippen LogP contribution in [0.1, 0.15) is 78.1 Å². The highest BCUT2D eigenvalue weighted by Gasteiger charge is 2.53. The van der Waals surface area contributed by atoms with Crippen LogP contribution >= 0.6 is 0 Å². The largest absolute Gasteiger partial charge is 0.481 e. The van der Waals surface area contributed by atoms with E-state index in [1.807, 2.05) is 0 Å². The van der Waals surface area contributed by atoms with E-state index in [9.17, 15) is 9.90 Å². The van der Waals surface area contributed by atoms with Gasteiger partial charge >= 0.3 is 5.97 Å². The molecule has 0 aromatic rings. The average molecular weight is 252 g/mol. The second-order valence-corrected chi connectivity index (χ2v) is 7.04. The summed E-state index contributed by atoms with van der Waals surface area (Å²) in [5, 5.41) is 9.92. The predicted octanol–water partition coefficient (Wildman–Crippen LogP) is 4.63. The van der Waals surface area contributed by atoms with Crippen LogP contribution in [0.2, 0.25) is 0 Å². The Balaban J connectivity index is 2.27. The highest BCUT2D eigenvalue weighted by molar-refractivity contribution is 5.76. The van der Waals surface area contributed by atoms with E-state index in [0.717, 1.165) is 38.5 Å². The van der Waals surface area contributed by atoms with E-state index in [1.165, 1.54) is 25.7 Å². The zero-order chi connectivity index (χ0) is 13.2. The van der Waals surface area contributed by atoms with Crippen molar-refractivity contribution in [3.8, 4) is 0 Å². The lowest BCUT2D eigenvalue weighted by Crippen LogP contribution is -2.47. The van der Waals surface area contributed by atoms with E-state index in [2.05, 4.69) is 13.8 Å². The first-order chi connectivity index (χ1) is 8.50. The third-order valence-electron chi connectivity index (χ3n) is 5.89. The van der Waals surface area contributed by atoms with Crippen molar-refractivity contribution in [1.82, 2.24) is 0 Å². The fraction of sp³-hybridized carbons (Fsp3) is 0.938. The zero-order valence-electron chi connectivity index (χ0n) is 12.0. The number of aliphatic carboxylic acids is 1. The molecule has 0 amide bonds. The number of carboxylic acid groups (broad SMARTS) is 1. The molecule has 0 aromatic carbocycles. The fourth-order valence-electron chi connectivity index (χ4n) is 4.40. The zero-order valence-corrected chi connectivity index (χ0v) is 12.0. The first-order valence-electron chi connectivity index (χ1n) is 7.74. The van der Waals surface area contributed by atoms with Gasteiger partial charge in [-0.25, -0.2) is 0 Å². The molecule has 0 heterocycles. The van der Waals surface area contributed by atoms with Gasteiger partial charge in [-0.15, -0.1) is 0 Å². The van der Waals surface area contributed by atoms with Crippen molar-refractivity contribution in [2.24, 2.45) is 16.7 Å². The Kier molecular flexibility index (Phi) is 4.03. The van der Waals surface area contributed by atoms with Crippen molar-refractivity contribution < 1.29 is 9.90 Å². The van der Waals surface area contributed by atoms with E-state index in [1.54, 1.807) is 0 Å². The van der Waals surface area contributed by atoms with Crippen LogP contribution in [0.4, 0.5) is 0 Å². The highest BCUT2D eigenvalue weighted by atomic mass is 16.4. The molecule has 0 saturated heterocycles. The maximum Gasteiger partial charge on any atom is 0.310 e.